The molecule has 0 aliphatic carbocycles. The number of hydrogen-bond donors (Lipinski definition) is 1. The molecule has 1 N–H and O–H groups in total. The Bertz CT molecular complexity index is 760. The van der Waals surface area contributed by atoms with Crippen LogP contribution in [0.15, 0.2) is 28.7 Å². The number of guanidine groups is 1. The summed E-state index contributed by atoms with van der Waals surface area (Å²) in [6.07, 6.45) is 2.18. The van der Waals surface area contributed by atoms with Crippen LogP contribution in [-0.4, -0.2) is 60.7 Å². The van der Waals surface area contributed by atoms with Gasteiger partial charge in [-0.25, -0.2) is 9.97 Å². The van der Waals surface area contributed by atoms with E-state index in [0.29, 0.717) is 6.54 Å². The quantitative estimate of drug-likeness (QED) is 0.626. The van der Waals surface area contributed by atoms with Crippen molar-refractivity contribution in [3.05, 3.63) is 40.0 Å². The summed E-state index contributed by atoms with van der Waals surface area (Å²) < 4.78 is 5.60. The topological polar surface area (TPSA) is 65.9 Å². The first-order valence-electron chi connectivity index (χ1n) is 9.19. The maximum Gasteiger partial charge on any atom is 0.194 e. The summed E-state index contributed by atoms with van der Waals surface area (Å²) in [5, 5.41) is 6.57. The molecular weight excluding hydrogens is 360 g/mol. The molecule has 2 aromatic heterocycles. The van der Waals surface area contributed by atoms with Crippen molar-refractivity contribution in [1.29, 1.82) is 0 Å². The predicted octanol–water partition coefficient (Wildman–Crippen LogP) is 2.28. The summed E-state index contributed by atoms with van der Waals surface area (Å²) in [5.74, 6) is 1.85. The summed E-state index contributed by atoms with van der Waals surface area (Å²) in [6.45, 7) is 8.07. The lowest BCUT2D eigenvalue weighted by molar-refractivity contribution is 0.0529. The van der Waals surface area contributed by atoms with Gasteiger partial charge in [0.05, 0.1) is 30.0 Å². The van der Waals surface area contributed by atoms with Gasteiger partial charge in [0.25, 0.3) is 0 Å². The van der Waals surface area contributed by atoms with E-state index in [1.807, 2.05) is 20.2 Å². The third kappa shape index (κ3) is 5.40. The second-order valence-electron chi connectivity index (χ2n) is 6.77. The molecule has 0 saturated carbocycles. The average molecular weight is 389 g/mol. The number of morpholine rings is 1. The maximum atomic E-state index is 5.60. The van der Waals surface area contributed by atoms with E-state index in [0.717, 1.165) is 54.3 Å². The first kappa shape index (κ1) is 19.6. The van der Waals surface area contributed by atoms with Gasteiger partial charge in [-0.1, -0.05) is 6.07 Å². The van der Waals surface area contributed by atoms with Crippen LogP contribution >= 0.6 is 11.3 Å². The van der Waals surface area contributed by atoms with Crippen molar-refractivity contribution in [3.63, 3.8) is 0 Å². The van der Waals surface area contributed by atoms with Gasteiger partial charge in [-0.2, -0.15) is 0 Å². The summed E-state index contributed by atoms with van der Waals surface area (Å²) >= 11 is 1.67. The van der Waals surface area contributed by atoms with Crippen LogP contribution in [0.25, 0.3) is 0 Å². The summed E-state index contributed by atoms with van der Waals surface area (Å²) in [6, 6.07) is 4.20. The van der Waals surface area contributed by atoms with Gasteiger partial charge in [0.15, 0.2) is 5.96 Å². The summed E-state index contributed by atoms with van der Waals surface area (Å²) in [4.78, 5) is 17.9. The van der Waals surface area contributed by atoms with Crippen LogP contribution in [0.5, 0.6) is 0 Å². The van der Waals surface area contributed by atoms with E-state index in [2.05, 4.69) is 54.5 Å². The largest absolute Gasteiger partial charge is 0.375 e. The zero-order valence-corrected chi connectivity index (χ0v) is 17.3. The van der Waals surface area contributed by atoms with Crippen molar-refractivity contribution in [1.82, 2.24) is 20.2 Å². The van der Waals surface area contributed by atoms with Crippen LogP contribution in [0.2, 0.25) is 0 Å². The number of nitrogens with zero attached hydrogens (tertiary/aromatic N) is 5. The zero-order chi connectivity index (χ0) is 19.2. The molecule has 1 aliphatic rings. The predicted molar refractivity (Wildman–Crippen MR) is 110 cm³/mol. The monoisotopic (exact) mass is 388 g/mol. The zero-order valence-electron chi connectivity index (χ0n) is 16.5. The number of thiazole rings is 1. The fourth-order valence-electron chi connectivity index (χ4n) is 3.10. The number of pyridine rings is 1. The molecule has 0 bridgehead atoms. The number of ether oxygens (including phenoxy) is 1. The molecule has 1 aliphatic heterocycles. The molecule has 1 fully saturated rings. The van der Waals surface area contributed by atoms with Crippen LogP contribution in [0.1, 0.15) is 23.2 Å². The van der Waals surface area contributed by atoms with E-state index in [-0.39, 0.29) is 6.10 Å². The van der Waals surface area contributed by atoms with Gasteiger partial charge in [0, 0.05) is 45.3 Å². The average Bonchev–Trinajstić information content (AvgIpc) is 3.07. The molecule has 1 unspecified atom stereocenters. The standard InChI is InChI=1S/C19H28N6OS/c1-14-11-25(7-8-26-14)18-6-5-16(9-21-18)10-22-19(20-3)24(4)12-17-13-27-15(2)23-17/h5-6,9,13-14H,7-8,10-12H2,1-4H3,(H,20,22). The molecule has 0 spiro atoms. The lowest BCUT2D eigenvalue weighted by Gasteiger charge is -2.32. The Balaban J connectivity index is 1.53. The van der Waals surface area contributed by atoms with Gasteiger partial charge in [-0.15, -0.1) is 11.3 Å². The highest BCUT2D eigenvalue weighted by molar-refractivity contribution is 7.09. The number of rotatable bonds is 5. The first-order chi connectivity index (χ1) is 13.0. The van der Waals surface area contributed by atoms with Gasteiger partial charge >= 0.3 is 0 Å². The molecule has 1 atom stereocenters. The molecular formula is C19H28N6OS. The Kier molecular flexibility index (Phi) is 6.63. The minimum Gasteiger partial charge on any atom is -0.375 e. The van der Waals surface area contributed by atoms with Crippen molar-refractivity contribution in [2.75, 3.05) is 38.7 Å². The van der Waals surface area contributed by atoms with E-state index < -0.39 is 0 Å². The molecule has 1 saturated heterocycles. The molecule has 0 aromatic carbocycles. The SMILES string of the molecule is CN=C(NCc1ccc(N2CCOC(C)C2)nc1)N(C)Cc1csc(C)n1. The van der Waals surface area contributed by atoms with Gasteiger partial charge < -0.3 is 19.9 Å². The second kappa shape index (κ2) is 9.14. The molecule has 27 heavy (non-hydrogen) atoms. The number of aliphatic imine (C=N–C) groups is 1. The van der Waals surface area contributed by atoms with Crippen LogP contribution in [0, 0.1) is 6.92 Å². The highest BCUT2D eigenvalue weighted by Crippen LogP contribution is 2.15. The smallest absolute Gasteiger partial charge is 0.194 e. The molecule has 2 aromatic rings. The molecule has 3 heterocycles. The second-order valence-corrected chi connectivity index (χ2v) is 7.83. The third-order valence-electron chi connectivity index (χ3n) is 4.46. The first-order valence-corrected chi connectivity index (χ1v) is 10.1. The van der Waals surface area contributed by atoms with Crippen LogP contribution in [0.3, 0.4) is 0 Å². The Morgan fingerprint density at radius 2 is 2.33 bits per heavy atom. The highest BCUT2D eigenvalue weighted by Gasteiger charge is 2.17. The van der Waals surface area contributed by atoms with Crippen molar-refractivity contribution in [2.24, 2.45) is 4.99 Å². The van der Waals surface area contributed by atoms with E-state index >= 15 is 0 Å². The summed E-state index contributed by atoms with van der Waals surface area (Å²) in [7, 11) is 3.82. The van der Waals surface area contributed by atoms with E-state index in [9.17, 15) is 0 Å². The van der Waals surface area contributed by atoms with Crippen molar-refractivity contribution in [3.8, 4) is 0 Å². The van der Waals surface area contributed by atoms with Gasteiger partial charge in [0.2, 0.25) is 0 Å². The molecule has 0 radical (unpaired) electrons. The summed E-state index contributed by atoms with van der Waals surface area (Å²) in [5.41, 5.74) is 2.19. The van der Waals surface area contributed by atoms with Crippen LogP contribution in [-0.2, 0) is 17.8 Å². The Morgan fingerprint density at radius 1 is 1.48 bits per heavy atom. The van der Waals surface area contributed by atoms with E-state index in [1.54, 1.807) is 18.4 Å². The number of aryl methyl sites for hydroxylation is 1. The maximum absolute atomic E-state index is 5.60. The lowest BCUT2D eigenvalue weighted by Crippen LogP contribution is -2.41. The normalized spacial score (nSPS) is 17.9. The fourth-order valence-corrected chi connectivity index (χ4v) is 3.70. The Labute approximate surface area is 165 Å². The molecule has 146 valence electrons. The molecule has 8 heteroatoms. The Morgan fingerprint density at radius 3 is 2.96 bits per heavy atom. The highest BCUT2D eigenvalue weighted by atomic mass is 32.1. The van der Waals surface area contributed by atoms with E-state index in [1.165, 1.54) is 0 Å². The minimum absolute atomic E-state index is 0.252. The molecule has 7 nitrogen and oxygen atoms in total. The van der Waals surface area contributed by atoms with Crippen molar-refractivity contribution in [2.45, 2.75) is 33.0 Å². The Hall–Kier alpha value is -2.19. The molecule has 3 rings (SSSR count). The van der Waals surface area contributed by atoms with Crippen LogP contribution in [0.4, 0.5) is 5.82 Å². The van der Waals surface area contributed by atoms with Crippen molar-refractivity contribution < 1.29 is 4.74 Å². The number of nitrogens with one attached hydrogen (secondary N) is 1. The van der Waals surface area contributed by atoms with Crippen LogP contribution < -0.4 is 10.2 Å². The van der Waals surface area contributed by atoms with Gasteiger partial charge in [-0.3, -0.25) is 4.99 Å². The fraction of sp³-hybridized carbons (Fsp3) is 0.526. The van der Waals surface area contributed by atoms with Crippen molar-refractivity contribution >= 4 is 23.1 Å². The molecule has 0 amide bonds. The van der Waals surface area contributed by atoms with E-state index in [4.69, 9.17) is 4.74 Å². The number of hydrogen-bond acceptors (Lipinski definition) is 6. The number of anilines is 1. The van der Waals surface area contributed by atoms with Gasteiger partial charge in [-0.05, 0) is 25.5 Å². The third-order valence-corrected chi connectivity index (χ3v) is 5.29. The van der Waals surface area contributed by atoms with Gasteiger partial charge in [0.1, 0.15) is 5.82 Å². The number of aromatic nitrogens is 2. The minimum atomic E-state index is 0.252. The lowest BCUT2D eigenvalue weighted by atomic mass is 10.2.